The number of ether oxygens (including phenoxy) is 1. The molecule has 23 heavy (non-hydrogen) atoms. The van der Waals surface area contributed by atoms with E-state index in [4.69, 9.17) is 4.74 Å². The van der Waals surface area contributed by atoms with Crippen LogP contribution in [-0.2, 0) is 4.79 Å². The molecule has 1 aromatic carbocycles. The minimum Gasteiger partial charge on any atom is -0.495 e. The van der Waals surface area contributed by atoms with Crippen molar-refractivity contribution in [3.63, 3.8) is 0 Å². The van der Waals surface area contributed by atoms with Gasteiger partial charge in [-0.1, -0.05) is 12.5 Å². The summed E-state index contributed by atoms with van der Waals surface area (Å²) in [4.78, 5) is 14.7. The molecule has 130 valence electrons. The second kappa shape index (κ2) is 9.14. The molecular formula is C18H29ClN2O2. The lowest BCUT2D eigenvalue weighted by atomic mass is 10.0. The molecular weight excluding hydrogens is 312 g/mol. The molecule has 1 N–H and O–H groups in total. The second-order valence-corrected chi connectivity index (χ2v) is 6.34. The van der Waals surface area contributed by atoms with E-state index in [-0.39, 0.29) is 18.3 Å². The summed E-state index contributed by atoms with van der Waals surface area (Å²) in [5.41, 5.74) is 2.97. The Kier molecular flexibility index (Phi) is 7.86. The zero-order valence-electron chi connectivity index (χ0n) is 14.6. The fourth-order valence-corrected chi connectivity index (χ4v) is 3.19. The smallest absolute Gasteiger partial charge is 0.225 e. The number of nitrogens with zero attached hydrogens (tertiary/aromatic N) is 1. The van der Waals surface area contributed by atoms with Crippen molar-refractivity contribution in [1.82, 2.24) is 4.90 Å². The number of likely N-dealkylation sites (tertiary alicyclic amines) is 1. The number of halogens is 1. The van der Waals surface area contributed by atoms with Crippen molar-refractivity contribution in [1.29, 1.82) is 0 Å². The van der Waals surface area contributed by atoms with E-state index in [0.717, 1.165) is 35.7 Å². The largest absolute Gasteiger partial charge is 0.495 e. The fourth-order valence-electron chi connectivity index (χ4n) is 3.19. The molecule has 0 radical (unpaired) electrons. The van der Waals surface area contributed by atoms with Crippen LogP contribution in [0.5, 0.6) is 5.75 Å². The van der Waals surface area contributed by atoms with Gasteiger partial charge in [-0.05, 0) is 57.4 Å². The quantitative estimate of drug-likeness (QED) is 0.882. The molecule has 5 heteroatoms. The van der Waals surface area contributed by atoms with Gasteiger partial charge in [-0.3, -0.25) is 4.79 Å². The Hall–Kier alpha value is -1.26. The average molecular weight is 341 g/mol. The molecule has 2 rings (SSSR count). The van der Waals surface area contributed by atoms with E-state index in [1.165, 1.54) is 19.3 Å². The normalized spacial score (nSPS) is 18.2. The summed E-state index contributed by atoms with van der Waals surface area (Å²) in [6.45, 7) is 8.22. The third-order valence-corrected chi connectivity index (χ3v) is 4.49. The summed E-state index contributed by atoms with van der Waals surface area (Å²) in [5.74, 6) is 0.792. The van der Waals surface area contributed by atoms with E-state index in [1.807, 2.05) is 19.9 Å². The van der Waals surface area contributed by atoms with Gasteiger partial charge >= 0.3 is 0 Å². The molecule has 1 fully saturated rings. The highest BCUT2D eigenvalue weighted by atomic mass is 35.5. The van der Waals surface area contributed by atoms with Gasteiger partial charge in [0.2, 0.25) is 5.91 Å². The Morgan fingerprint density at radius 3 is 2.74 bits per heavy atom. The Labute approximate surface area is 146 Å². The molecule has 0 aliphatic carbocycles. The lowest BCUT2D eigenvalue weighted by Crippen LogP contribution is -2.39. The number of benzene rings is 1. The first-order chi connectivity index (χ1) is 10.5. The lowest BCUT2D eigenvalue weighted by Gasteiger charge is -2.33. The van der Waals surface area contributed by atoms with Crippen LogP contribution in [-0.4, -0.2) is 37.0 Å². The number of hydrogen-bond acceptors (Lipinski definition) is 3. The van der Waals surface area contributed by atoms with E-state index in [9.17, 15) is 4.79 Å². The van der Waals surface area contributed by atoms with Gasteiger partial charge in [-0.25, -0.2) is 0 Å². The maximum absolute atomic E-state index is 12.3. The zero-order chi connectivity index (χ0) is 16.1. The highest BCUT2D eigenvalue weighted by molar-refractivity contribution is 5.93. The number of nitrogens with one attached hydrogen (secondary N) is 1. The van der Waals surface area contributed by atoms with Crippen molar-refractivity contribution in [3.8, 4) is 5.75 Å². The van der Waals surface area contributed by atoms with Crippen molar-refractivity contribution in [2.24, 2.45) is 0 Å². The Balaban J connectivity index is 0.00000264. The maximum Gasteiger partial charge on any atom is 0.225 e. The van der Waals surface area contributed by atoms with Crippen LogP contribution in [0.3, 0.4) is 0 Å². The molecule has 1 saturated heterocycles. The Bertz CT molecular complexity index is 534. The highest BCUT2D eigenvalue weighted by Gasteiger charge is 2.19. The molecule has 1 unspecified atom stereocenters. The van der Waals surface area contributed by atoms with Crippen molar-refractivity contribution >= 4 is 24.0 Å². The molecule has 0 aromatic heterocycles. The van der Waals surface area contributed by atoms with Crippen LogP contribution in [0.4, 0.5) is 5.69 Å². The van der Waals surface area contributed by atoms with E-state index in [2.05, 4.69) is 23.2 Å². The van der Waals surface area contributed by atoms with Gasteiger partial charge in [0.1, 0.15) is 5.75 Å². The van der Waals surface area contributed by atoms with Crippen molar-refractivity contribution in [3.05, 3.63) is 23.3 Å². The second-order valence-electron chi connectivity index (χ2n) is 6.34. The number of methoxy groups -OCH3 is 1. The van der Waals surface area contributed by atoms with Gasteiger partial charge in [0, 0.05) is 19.0 Å². The van der Waals surface area contributed by atoms with Crippen molar-refractivity contribution in [2.45, 2.75) is 52.5 Å². The molecule has 0 saturated carbocycles. The van der Waals surface area contributed by atoms with E-state index in [1.54, 1.807) is 7.11 Å². The monoisotopic (exact) mass is 340 g/mol. The molecule has 1 amide bonds. The molecule has 1 aliphatic heterocycles. The number of hydrogen-bond donors (Lipinski definition) is 1. The number of rotatable bonds is 5. The fraction of sp³-hybridized carbons (Fsp3) is 0.611. The molecule has 1 aliphatic rings. The maximum atomic E-state index is 12.3. The van der Waals surface area contributed by atoms with Crippen LogP contribution < -0.4 is 10.1 Å². The zero-order valence-corrected chi connectivity index (χ0v) is 15.5. The SMILES string of the molecule is COc1cc(C)cc(C)c1NC(=O)CCN1CCCCC1C.Cl. The molecule has 0 spiro atoms. The molecule has 1 heterocycles. The van der Waals surface area contributed by atoms with E-state index in [0.29, 0.717) is 12.5 Å². The van der Waals surface area contributed by atoms with Crippen LogP contribution in [0, 0.1) is 13.8 Å². The topological polar surface area (TPSA) is 41.6 Å². The van der Waals surface area contributed by atoms with Crippen LogP contribution in [0.25, 0.3) is 0 Å². The van der Waals surface area contributed by atoms with Crippen molar-refractivity contribution in [2.75, 3.05) is 25.5 Å². The molecule has 1 aromatic rings. The van der Waals surface area contributed by atoms with Crippen molar-refractivity contribution < 1.29 is 9.53 Å². The van der Waals surface area contributed by atoms with E-state index >= 15 is 0 Å². The summed E-state index contributed by atoms with van der Waals surface area (Å²) in [5, 5.41) is 3.02. The number of anilines is 1. The number of piperidine rings is 1. The van der Waals surface area contributed by atoms with Gasteiger partial charge in [0.05, 0.1) is 12.8 Å². The average Bonchev–Trinajstić information content (AvgIpc) is 2.49. The molecule has 4 nitrogen and oxygen atoms in total. The first-order valence-electron chi connectivity index (χ1n) is 8.20. The van der Waals surface area contributed by atoms with Crippen LogP contribution in [0.15, 0.2) is 12.1 Å². The Morgan fingerprint density at radius 2 is 2.09 bits per heavy atom. The summed E-state index contributed by atoms with van der Waals surface area (Å²) in [7, 11) is 1.64. The van der Waals surface area contributed by atoms with Gasteiger partial charge in [-0.2, -0.15) is 0 Å². The summed E-state index contributed by atoms with van der Waals surface area (Å²) in [6, 6.07) is 4.61. The minimum absolute atomic E-state index is 0. The number of amides is 1. The van der Waals surface area contributed by atoms with Gasteiger partial charge < -0.3 is 15.0 Å². The van der Waals surface area contributed by atoms with Crippen LogP contribution in [0.2, 0.25) is 0 Å². The summed E-state index contributed by atoms with van der Waals surface area (Å²) >= 11 is 0. The minimum atomic E-state index is 0. The third kappa shape index (κ3) is 5.40. The van der Waals surface area contributed by atoms with E-state index < -0.39 is 0 Å². The predicted molar refractivity (Wildman–Crippen MR) is 97.8 cm³/mol. The number of aryl methyl sites for hydroxylation is 2. The predicted octanol–water partition coefficient (Wildman–Crippen LogP) is 3.94. The van der Waals surface area contributed by atoms with Gasteiger partial charge in [-0.15, -0.1) is 12.4 Å². The number of carbonyl (C=O) groups is 1. The molecule has 0 bridgehead atoms. The molecule has 1 atom stereocenters. The summed E-state index contributed by atoms with van der Waals surface area (Å²) in [6.07, 6.45) is 4.33. The van der Waals surface area contributed by atoms with Gasteiger partial charge in [0.15, 0.2) is 0 Å². The van der Waals surface area contributed by atoms with Crippen LogP contribution >= 0.6 is 12.4 Å². The first kappa shape index (κ1) is 19.8. The number of carbonyl (C=O) groups excluding carboxylic acids is 1. The van der Waals surface area contributed by atoms with Crippen LogP contribution in [0.1, 0.15) is 43.7 Å². The first-order valence-corrected chi connectivity index (χ1v) is 8.20. The Morgan fingerprint density at radius 1 is 1.35 bits per heavy atom. The standard InChI is InChI=1S/C18H28N2O2.ClH/c1-13-11-14(2)18(16(12-13)22-4)19-17(21)8-10-20-9-6-5-7-15(20)3;/h11-12,15H,5-10H2,1-4H3,(H,19,21);1H. The summed E-state index contributed by atoms with van der Waals surface area (Å²) < 4.78 is 5.39. The van der Waals surface area contributed by atoms with Gasteiger partial charge in [0.25, 0.3) is 0 Å². The third-order valence-electron chi connectivity index (χ3n) is 4.49. The highest BCUT2D eigenvalue weighted by Crippen LogP contribution is 2.29. The lowest BCUT2D eigenvalue weighted by molar-refractivity contribution is -0.116.